The van der Waals surface area contributed by atoms with Crippen LogP contribution in [0.3, 0.4) is 0 Å². The first-order valence-electron chi connectivity index (χ1n) is 6.73. The maximum Gasteiger partial charge on any atom is 0.277 e. The summed E-state index contributed by atoms with van der Waals surface area (Å²) in [6.07, 6.45) is 5.18. The van der Waals surface area contributed by atoms with Crippen LogP contribution in [0.25, 0.3) is 23.0 Å². The van der Waals surface area contributed by atoms with Crippen molar-refractivity contribution < 1.29 is 4.52 Å². The fourth-order valence-corrected chi connectivity index (χ4v) is 2.80. The van der Waals surface area contributed by atoms with E-state index in [4.69, 9.17) is 10.3 Å². The lowest BCUT2D eigenvalue weighted by Crippen LogP contribution is -2.01. The van der Waals surface area contributed by atoms with Crippen LogP contribution in [0.5, 0.6) is 0 Å². The zero-order valence-electron chi connectivity index (χ0n) is 11.6. The molecular weight excluding hydrogens is 286 g/mol. The fourth-order valence-electron chi connectivity index (χ4n) is 2.01. The van der Waals surface area contributed by atoms with Crippen LogP contribution in [-0.4, -0.2) is 26.7 Å². The van der Waals surface area contributed by atoms with E-state index in [1.54, 1.807) is 17.5 Å². The summed E-state index contributed by atoms with van der Waals surface area (Å²) in [6, 6.07) is 1.90. The number of nitrogens with zero attached hydrogens (tertiary/aromatic N) is 4. The van der Waals surface area contributed by atoms with Gasteiger partial charge in [0.15, 0.2) is 0 Å². The maximum absolute atomic E-state index is 5.53. The Morgan fingerprint density at radius 2 is 2.24 bits per heavy atom. The lowest BCUT2D eigenvalue weighted by atomic mass is 10.1. The molecule has 7 heteroatoms. The summed E-state index contributed by atoms with van der Waals surface area (Å²) >= 11 is 1.55. The van der Waals surface area contributed by atoms with Crippen molar-refractivity contribution in [3.8, 4) is 23.0 Å². The molecule has 0 aliphatic carbocycles. The number of thiazole rings is 1. The smallest absolute Gasteiger partial charge is 0.277 e. The first-order valence-corrected chi connectivity index (χ1v) is 7.61. The highest BCUT2D eigenvalue weighted by Gasteiger charge is 2.15. The molecule has 0 radical (unpaired) electrons. The Morgan fingerprint density at radius 1 is 1.33 bits per heavy atom. The number of hydrogen-bond acceptors (Lipinski definition) is 7. The molecule has 3 aromatic heterocycles. The van der Waals surface area contributed by atoms with Crippen molar-refractivity contribution in [2.24, 2.45) is 5.73 Å². The normalized spacial score (nSPS) is 11.0. The zero-order chi connectivity index (χ0) is 14.7. The van der Waals surface area contributed by atoms with Crippen molar-refractivity contribution in [3.05, 3.63) is 34.4 Å². The van der Waals surface area contributed by atoms with Gasteiger partial charge in [-0.1, -0.05) is 12.1 Å². The van der Waals surface area contributed by atoms with E-state index < -0.39 is 0 Å². The van der Waals surface area contributed by atoms with Crippen LogP contribution in [0, 0.1) is 0 Å². The molecule has 3 aromatic rings. The number of pyridine rings is 1. The van der Waals surface area contributed by atoms with E-state index >= 15 is 0 Å². The van der Waals surface area contributed by atoms with Gasteiger partial charge < -0.3 is 10.3 Å². The van der Waals surface area contributed by atoms with Crippen molar-refractivity contribution in [1.82, 2.24) is 20.1 Å². The van der Waals surface area contributed by atoms with Crippen LogP contribution in [0.4, 0.5) is 0 Å². The van der Waals surface area contributed by atoms with Crippen molar-refractivity contribution >= 4 is 11.3 Å². The molecule has 0 unspecified atom stereocenters. The van der Waals surface area contributed by atoms with E-state index in [2.05, 4.69) is 27.0 Å². The van der Waals surface area contributed by atoms with E-state index in [1.807, 2.05) is 17.6 Å². The van der Waals surface area contributed by atoms with E-state index in [9.17, 15) is 0 Å². The van der Waals surface area contributed by atoms with Gasteiger partial charge in [-0.2, -0.15) is 4.98 Å². The van der Waals surface area contributed by atoms with Gasteiger partial charge in [-0.05, 0) is 24.6 Å². The SMILES string of the molecule is CCc1cnccc1-c1noc(-c2csc(CCN)n2)n1. The van der Waals surface area contributed by atoms with Gasteiger partial charge in [0, 0.05) is 29.8 Å². The molecule has 0 aliphatic heterocycles. The van der Waals surface area contributed by atoms with Crippen LogP contribution in [0.15, 0.2) is 28.4 Å². The first-order chi connectivity index (χ1) is 10.3. The minimum atomic E-state index is 0.434. The Labute approximate surface area is 126 Å². The highest BCUT2D eigenvalue weighted by atomic mass is 32.1. The Morgan fingerprint density at radius 3 is 3.05 bits per heavy atom. The summed E-state index contributed by atoms with van der Waals surface area (Å²) in [4.78, 5) is 13.0. The summed E-state index contributed by atoms with van der Waals surface area (Å²) < 4.78 is 5.33. The number of aromatic nitrogens is 4. The molecule has 0 bridgehead atoms. The number of hydrogen-bond donors (Lipinski definition) is 1. The zero-order valence-corrected chi connectivity index (χ0v) is 12.4. The summed E-state index contributed by atoms with van der Waals surface area (Å²) in [5.74, 6) is 1.00. The van der Waals surface area contributed by atoms with E-state index in [0.29, 0.717) is 24.0 Å². The highest BCUT2D eigenvalue weighted by Crippen LogP contribution is 2.25. The van der Waals surface area contributed by atoms with Crippen molar-refractivity contribution in [2.45, 2.75) is 19.8 Å². The standard InChI is InChI=1S/C14H15N5OS/c1-2-9-7-16-6-4-10(9)13-18-14(20-19-13)11-8-21-12(17-11)3-5-15/h4,6-8H,2-3,5,15H2,1H3. The van der Waals surface area contributed by atoms with Gasteiger partial charge >= 0.3 is 0 Å². The largest absolute Gasteiger partial charge is 0.332 e. The van der Waals surface area contributed by atoms with Crippen LogP contribution >= 0.6 is 11.3 Å². The summed E-state index contributed by atoms with van der Waals surface area (Å²) in [5.41, 5.74) is 8.27. The molecule has 108 valence electrons. The molecule has 0 amide bonds. The number of rotatable bonds is 5. The summed E-state index contributed by atoms with van der Waals surface area (Å²) in [7, 11) is 0. The Hall–Kier alpha value is -2.12. The molecule has 0 aromatic carbocycles. The average Bonchev–Trinajstić information content (AvgIpc) is 3.16. The summed E-state index contributed by atoms with van der Waals surface area (Å²) in [5, 5.41) is 6.94. The second-order valence-electron chi connectivity index (χ2n) is 4.47. The lowest BCUT2D eigenvalue weighted by Gasteiger charge is -2.00. The molecule has 3 rings (SSSR count). The van der Waals surface area contributed by atoms with Gasteiger partial charge in [0.1, 0.15) is 5.69 Å². The molecule has 6 nitrogen and oxygen atoms in total. The topological polar surface area (TPSA) is 90.7 Å². The molecular formula is C14H15N5OS. The monoisotopic (exact) mass is 301 g/mol. The van der Waals surface area contributed by atoms with Gasteiger partial charge in [-0.25, -0.2) is 4.98 Å². The second-order valence-corrected chi connectivity index (χ2v) is 5.42. The van der Waals surface area contributed by atoms with Gasteiger partial charge in [0.05, 0.1) is 5.01 Å². The molecule has 2 N–H and O–H groups in total. The molecule has 21 heavy (non-hydrogen) atoms. The highest BCUT2D eigenvalue weighted by molar-refractivity contribution is 7.09. The Balaban J connectivity index is 1.92. The third-order valence-corrected chi connectivity index (χ3v) is 3.99. The molecule has 0 spiro atoms. The predicted octanol–water partition coefficient (Wildman–Crippen LogP) is 2.32. The Bertz CT molecular complexity index is 736. The number of nitrogens with two attached hydrogens (primary N) is 1. The van der Waals surface area contributed by atoms with E-state index in [1.165, 1.54) is 0 Å². The van der Waals surface area contributed by atoms with Gasteiger partial charge in [0.2, 0.25) is 5.82 Å². The van der Waals surface area contributed by atoms with Crippen LogP contribution in [-0.2, 0) is 12.8 Å². The third-order valence-electron chi connectivity index (χ3n) is 3.08. The van der Waals surface area contributed by atoms with Crippen LogP contribution in [0.1, 0.15) is 17.5 Å². The van der Waals surface area contributed by atoms with E-state index in [0.717, 1.165) is 29.0 Å². The average molecular weight is 301 g/mol. The molecule has 0 fully saturated rings. The van der Waals surface area contributed by atoms with Gasteiger partial charge in [-0.3, -0.25) is 4.98 Å². The third kappa shape index (κ3) is 2.84. The molecule has 0 saturated carbocycles. The molecule has 0 atom stereocenters. The van der Waals surface area contributed by atoms with E-state index in [-0.39, 0.29) is 0 Å². The maximum atomic E-state index is 5.53. The van der Waals surface area contributed by atoms with Crippen molar-refractivity contribution in [3.63, 3.8) is 0 Å². The van der Waals surface area contributed by atoms with Crippen molar-refractivity contribution in [1.29, 1.82) is 0 Å². The predicted molar refractivity (Wildman–Crippen MR) is 80.8 cm³/mol. The molecule has 0 aliphatic rings. The van der Waals surface area contributed by atoms with Crippen LogP contribution in [0.2, 0.25) is 0 Å². The minimum Gasteiger partial charge on any atom is -0.332 e. The minimum absolute atomic E-state index is 0.434. The lowest BCUT2D eigenvalue weighted by molar-refractivity contribution is 0.431. The molecule has 3 heterocycles. The second kappa shape index (κ2) is 6.11. The van der Waals surface area contributed by atoms with Gasteiger partial charge in [0.25, 0.3) is 5.89 Å². The van der Waals surface area contributed by atoms with Crippen LogP contribution < -0.4 is 5.73 Å². The first kappa shape index (κ1) is 13.8. The summed E-state index contributed by atoms with van der Waals surface area (Å²) in [6.45, 7) is 2.65. The Kier molecular flexibility index (Phi) is 4.03. The van der Waals surface area contributed by atoms with Gasteiger partial charge in [-0.15, -0.1) is 11.3 Å². The van der Waals surface area contributed by atoms with Crippen molar-refractivity contribution in [2.75, 3.05) is 6.54 Å². The number of aryl methyl sites for hydroxylation is 1. The fraction of sp³-hybridized carbons (Fsp3) is 0.286. The quantitative estimate of drug-likeness (QED) is 0.777. The molecule has 0 saturated heterocycles.